The monoisotopic (exact) mass is 538 g/mol. The number of rotatable bonds is 11. The van der Waals surface area contributed by atoms with Gasteiger partial charge in [0.15, 0.2) is 0 Å². The minimum absolute atomic E-state index is 0.290. The SMILES string of the molecule is C=C/C=C(\C=C)N(c1ccccc1)c1nnc(SSc2nnc(N(c3ccccc3)c3ccccc3)o2)o1. The Balaban J connectivity index is 1.35. The number of benzene rings is 3. The van der Waals surface area contributed by atoms with E-state index in [0.717, 1.165) is 22.8 Å². The molecule has 5 rings (SSSR count). The Morgan fingerprint density at radius 1 is 0.632 bits per heavy atom. The maximum absolute atomic E-state index is 6.00. The van der Waals surface area contributed by atoms with Crippen molar-refractivity contribution in [1.29, 1.82) is 0 Å². The third kappa shape index (κ3) is 5.72. The van der Waals surface area contributed by atoms with Crippen molar-refractivity contribution in [3.05, 3.63) is 128 Å². The molecule has 2 heterocycles. The summed E-state index contributed by atoms with van der Waals surface area (Å²) in [5.74, 6) is 0. The lowest BCUT2D eigenvalue weighted by Crippen LogP contribution is -2.15. The molecular formula is C28H22N6O2S2. The molecule has 0 N–H and O–H groups in total. The minimum Gasteiger partial charge on any atom is -0.397 e. The predicted molar refractivity (Wildman–Crippen MR) is 152 cm³/mol. The highest BCUT2D eigenvalue weighted by atomic mass is 33.1. The molecule has 0 fully saturated rings. The van der Waals surface area contributed by atoms with Crippen LogP contribution in [0.25, 0.3) is 0 Å². The number of nitrogens with zero attached hydrogens (tertiary/aromatic N) is 6. The summed E-state index contributed by atoms with van der Waals surface area (Å²) in [6.07, 6.45) is 5.19. The molecule has 0 unspecified atom stereocenters. The molecule has 188 valence electrons. The lowest BCUT2D eigenvalue weighted by Gasteiger charge is -2.20. The van der Waals surface area contributed by atoms with Crippen LogP contribution in [0.4, 0.5) is 29.1 Å². The molecule has 0 radical (unpaired) electrons. The second-order valence-corrected chi connectivity index (χ2v) is 9.61. The van der Waals surface area contributed by atoms with E-state index in [-0.39, 0.29) is 6.01 Å². The van der Waals surface area contributed by atoms with Crippen molar-refractivity contribution in [2.75, 3.05) is 9.80 Å². The quantitative estimate of drug-likeness (QED) is 0.121. The van der Waals surface area contributed by atoms with E-state index in [1.165, 1.54) is 21.6 Å². The van der Waals surface area contributed by atoms with Crippen LogP contribution in [0.1, 0.15) is 0 Å². The van der Waals surface area contributed by atoms with Crippen LogP contribution in [-0.4, -0.2) is 20.4 Å². The second kappa shape index (κ2) is 12.1. The minimum atomic E-state index is 0.290. The van der Waals surface area contributed by atoms with E-state index in [2.05, 4.69) is 33.6 Å². The predicted octanol–water partition coefficient (Wildman–Crippen LogP) is 8.12. The largest absolute Gasteiger partial charge is 0.397 e. The molecule has 8 nitrogen and oxygen atoms in total. The molecule has 0 aliphatic carbocycles. The molecule has 0 aliphatic heterocycles. The van der Waals surface area contributed by atoms with Gasteiger partial charge in [-0.3, -0.25) is 9.80 Å². The van der Waals surface area contributed by atoms with Gasteiger partial charge in [0.1, 0.15) is 0 Å². The molecule has 0 amide bonds. The van der Waals surface area contributed by atoms with Crippen LogP contribution in [0.15, 0.2) is 147 Å². The lowest BCUT2D eigenvalue weighted by molar-refractivity contribution is 0.459. The van der Waals surface area contributed by atoms with Crippen molar-refractivity contribution in [2.24, 2.45) is 0 Å². The molecular weight excluding hydrogens is 516 g/mol. The van der Waals surface area contributed by atoms with Crippen molar-refractivity contribution >= 4 is 50.7 Å². The molecule has 5 aromatic rings. The molecule has 0 spiro atoms. The van der Waals surface area contributed by atoms with Crippen molar-refractivity contribution in [3.63, 3.8) is 0 Å². The van der Waals surface area contributed by atoms with Crippen molar-refractivity contribution in [2.45, 2.75) is 10.4 Å². The number of para-hydroxylation sites is 3. The molecule has 10 heteroatoms. The van der Waals surface area contributed by atoms with Gasteiger partial charge in [0.05, 0.1) is 22.8 Å². The van der Waals surface area contributed by atoms with E-state index in [1.54, 1.807) is 17.1 Å². The van der Waals surface area contributed by atoms with E-state index in [1.807, 2.05) is 102 Å². The first-order valence-electron chi connectivity index (χ1n) is 11.5. The van der Waals surface area contributed by atoms with Gasteiger partial charge in [-0.05, 0) is 48.6 Å². The van der Waals surface area contributed by atoms with Gasteiger partial charge in [-0.1, -0.05) is 94.2 Å². The van der Waals surface area contributed by atoms with Crippen LogP contribution in [0.3, 0.4) is 0 Å². The van der Waals surface area contributed by atoms with Crippen LogP contribution >= 0.6 is 21.6 Å². The molecule has 3 aromatic carbocycles. The molecule has 0 aliphatic rings. The number of hydrogen-bond donors (Lipinski definition) is 0. The highest BCUT2D eigenvalue weighted by Crippen LogP contribution is 2.41. The summed E-state index contributed by atoms with van der Waals surface area (Å²) in [5, 5.41) is 17.6. The van der Waals surface area contributed by atoms with Crippen LogP contribution in [0.5, 0.6) is 0 Å². The molecule has 0 saturated heterocycles. The summed E-state index contributed by atoms with van der Waals surface area (Å²) in [4.78, 5) is 3.70. The highest BCUT2D eigenvalue weighted by Gasteiger charge is 2.22. The Bertz CT molecular complexity index is 1480. The van der Waals surface area contributed by atoms with Crippen molar-refractivity contribution in [1.82, 2.24) is 20.4 Å². The highest BCUT2D eigenvalue weighted by molar-refractivity contribution is 8.76. The molecule has 2 aromatic heterocycles. The van der Waals surface area contributed by atoms with Crippen molar-refractivity contribution < 1.29 is 8.83 Å². The number of hydrogen-bond acceptors (Lipinski definition) is 10. The topological polar surface area (TPSA) is 84.3 Å². The summed E-state index contributed by atoms with van der Waals surface area (Å²) >= 11 is 0. The van der Waals surface area contributed by atoms with Crippen LogP contribution in [0, 0.1) is 0 Å². The fourth-order valence-electron chi connectivity index (χ4n) is 3.55. The zero-order valence-electron chi connectivity index (χ0n) is 20.1. The van der Waals surface area contributed by atoms with Crippen LogP contribution in [-0.2, 0) is 0 Å². The van der Waals surface area contributed by atoms with Gasteiger partial charge in [0.25, 0.3) is 10.4 Å². The Morgan fingerprint density at radius 3 is 1.61 bits per heavy atom. The van der Waals surface area contributed by atoms with E-state index in [0.29, 0.717) is 16.5 Å². The first kappa shape index (κ1) is 25.1. The Kier molecular flexibility index (Phi) is 8.02. The summed E-state index contributed by atoms with van der Waals surface area (Å²) < 4.78 is 12.0. The van der Waals surface area contributed by atoms with E-state index >= 15 is 0 Å². The third-order valence-electron chi connectivity index (χ3n) is 5.16. The number of anilines is 5. The maximum Gasteiger partial charge on any atom is 0.328 e. The zero-order chi connectivity index (χ0) is 26.2. The van der Waals surface area contributed by atoms with Gasteiger partial charge in [0.2, 0.25) is 0 Å². The fraction of sp³-hybridized carbons (Fsp3) is 0. The Morgan fingerprint density at radius 2 is 1.11 bits per heavy atom. The van der Waals surface area contributed by atoms with E-state index in [9.17, 15) is 0 Å². The standard InChI is InChI=1S/C28H22N6O2S2/c1-3-14-21(4-2)33(22-15-8-5-9-16-22)25-29-31-27(35-25)37-38-28-32-30-26(36-28)34(23-17-10-6-11-18-23)24-19-12-7-13-20-24/h3-20H,1-2H2/b21-14+. The summed E-state index contributed by atoms with van der Waals surface area (Å²) in [5.41, 5.74) is 3.39. The maximum atomic E-state index is 6.00. The van der Waals surface area contributed by atoms with Gasteiger partial charge in [-0.25, -0.2) is 0 Å². The first-order valence-corrected chi connectivity index (χ1v) is 13.6. The normalized spacial score (nSPS) is 11.2. The summed E-state index contributed by atoms with van der Waals surface area (Å²) in [7, 11) is 2.46. The van der Waals surface area contributed by atoms with E-state index in [4.69, 9.17) is 8.83 Å². The summed E-state index contributed by atoms with van der Waals surface area (Å²) in [6, 6.07) is 30.0. The first-order chi connectivity index (χ1) is 18.8. The third-order valence-corrected chi connectivity index (χ3v) is 6.96. The molecule has 0 bridgehead atoms. The fourth-order valence-corrected chi connectivity index (χ4v) is 4.89. The average molecular weight is 539 g/mol. The van der Waals surface area contributed by atoms with Crippen molar-refractivity contribution in [3.8, 4) is 0 Å². The molecule has 0 atom stereocenters. The molecule has 0 saturated carbocycles. The Hall–Kier alpha value is -4.54. The number of aromatic nitrogens is 4. The molecule has 38 heavy (non-hydrogen) atoms. The van der Waals surface area contributed by atoms with Gasteiger partial charge in [-0.15, -0.1) is 0 Å². The van der Waals surface area contributed by atoms with Crippen LogP contribution in [0.2, 0.25) is 0 Å². The average Bonchev–Trinajstić information content (AvgIpc) is 3.63. The lowest BCUT2D eigenvalue weighted by atomic mass is 10.2. The van der Waals surface area contributed by atoms with Crippen LogP contribution < -0.4 is 9.80 Å². The smallest absolute Gasteiger partial charge is 0.328 e. The zero-order valence-corrected chi connectivity index (χ0v) is 21.8. The summed E-state index contributed by atoms with van der Waals surface area (Å²) in [6.45, 7) is 7.69. The number of allylic oxidation sites excluding steroid dienone is 3. The van der Waals surface area contributed by atoms with Gasteiger partial charge < -0.3 is 8.83 Å². The van der Waals surface area contributed by atoms with Gasteiger partial charge >= 0.3 is 12.0 Å². The van der Waals surface area contributed by atoms with E-state index < -0.39 is 0 Å². The van der Waals surface area contributed by atoms with Gasteiger partial charge in [0, 0.05) is 21.6 Å². The van der Waals surface area contributed by atoms with Gasteiger partial charge in [-0.2, -0.15) is 0 Å². The Labute approximate surface area is 227 Å². The second-order valence-electron chi connectivity index (χ2n) is 7.58.